The lowest BCUT2D eigenvalue weighted by Gasteiger charge is -2.36. The fourth-order valence-electron chi connectivity index (χ4n) is 3.18. The number of aliphatic hydroxyl groups is 1. The molecule has 0 aliphatic carbocycles. The molecule has 1 aromatic carbocycles. The highest BCUT2D eigenvalue weighted by molar-refractivity contribution is 5.97. The molecule has 0 radical (unpaired) electrons. The molecule has 4 rings (SSSR count). The van der Waals surface area contributed by atoms with E-state index in [9.17, 15) is 9.90 Å². The van der Waals surface area contributed by atoms with Gasteiger partial charge in [0.2, 0.25) is 5.95 Å². The zero-order chi connectivity index (χ0) is 18.6. The molecule has 3 heterocycles. The third-order valence-electron chi connectivity index (χ3n) is 4.55. The molecular weight excluding hydrogens is 346 g/mol. The molecule has 2 N–H and O–H groups in total. The van der Waals surface area contributed by atoms with Gasteiger partial charge in [-0.3, -0.25) is 4.79 Å². The van der Waals surface area contributed by atoms with Crippen LogP contribution < -0.4 is 5.32 Å². The van der Waals surface area contributed by atoms with Gasteiger partial charge in [0.15, 0.2) is 0 Å². The Morgan fingerprint density at radius 3 is 2.74 bits per heavy atom. The number of aliphatic hydroxyl groups excluding tert-OH is 1. The third kappa shape index (κ3) is 3.63. The van der Waals surface area contributed by atoms with E-state index in [2.05, 4.69) is 25.4 Å². The van der Waals surface area contributed by atoms with Crippen molar-refractivity contribution in [1.29, 1.82) is 0 Å². The minimum absolute atomic E-state index is 0.144. The molecule has 138 valence electrons. The summed E-state index contributed by atoms with van der Waals surface area (Å²) >= 11 is 0. The zero-order valence-corrected chi connectivity index (χ0v) is 14.5. The number of aromatic nitrogens is 5. The molecule has 2 aromatic heterocycles. The van der Waals surface area contributed by atoms with Crippen LogP contribution in [-0.4, -0.2) is 65.9 Å². The average molecular weight is 365 g/mol. The topological polar surface area (TPSA) is 109 Å². The van der Waals surface area contributed by atoms with E-state index < -0.39 is 6.10 Å². The van der Waals surface area contributed by atoms with E-state index in [4.69, 9.17) is 0 Å². The Labute approximate surface area is 155 Å². The number of piperidine rings is 1. The van der Waals surface area contributed by atoms with Crippen LogP contribution in [0.3, 0.4) is 0 Å². The second-order valence-electron chi connectivity index (χ2n) is 6.29. The minimum atomic E-state index is -0.718. The molecule has 9 nitrogen and oxygen atoms in total. The number of benzene rings is 1. The lowest BCUT2D eigenvalue weighted by molar-refractivity contribution is 0.0425. The monoisotopic (exact) mass is 365 g/mol. The molecule has 0 bridgehead atoms. The highest BCUT2D eigenvalue weighted by atomic mass is 16.3. The summed E-state index contributed by atoms with van der Waals surface area (Å²) in [5, 5.41) is 17.8. The van der Waals surface area contributed by atoms with Crippen molar-refractivity contribution in [2.75, 3.05) is 18.4 Å². The molecule has 1 fully saturated rings. The van der Waals surface area contributed by atoms with E-state index >= 15 is 0 Å². The van der Waals surface area contributed by atoms with Gasteiger partial charge in [-0.25, -0.2) is 19.6 Å². The van der Waals surface area contributed by atoms with Crippen molar-refractivity contribution in [3.05, 3.63) is 60.9 Å². The standard InChI is InChI=1S/C18H19N7O2/c26-16-10-24(9-6-14(16)23-18-20-7-3-8-21-18)17(27)13-4-1-2-5-15(13)25-12-19-11-22-25/h1-5,7-8,11-12,14,16,26H,6,9-10H2,(H,20,21,23)/t14-,16-/m1/s1. The quantitative estimate of drug-likeness (QED) is 0.702. The van der Waals surface area contributed by atoms with E-state index in [-0.39, 0.29) is 18.5 Å². The maximum Gasteiger partial charge on any atom is 0.256 e. The van der Waals surface area contributed by atoms with Gasteiger partial charge in [-0.1, -0.05) is 12.1 Å². The summed E-state index contributed by atoms with van der Waals surface area (Å²) in [6.07, 6.45) is 6.13. The number of hydrogen-bond donors (Lipinski definition) is 2. The average Bonchev–Trinajstić information content (AvgIpc) is 3.24. The first-order valence-electron chi connectivity index (χ1n) is 8.67. The summed E-state index contributed by atoms with van der Waals surface area (Å²) < 4.78 is 1.56. The number of likely N-dealkylation sites (tertiary alicyclic amines) is 1. The van der Waals surface area contributed by atoms with Crippen LogP contribution in [0, 0.1) is 0 Å². The van der Waals surface area contributed by atoms with Crippen molar-refractivity contribution in [1.82, 2.24) is 29.6 Å². The van der Waals surface area contributed by atoms with Gasteiger partial charge in [0.05, 0.1) is 23.4 Å². The first-order chi connectivity index (χ1) is 13.2. The number of carbonyl (C=O) groups is 1. The van der Waals surface area contributed by atoms with Crippen molar-refractivity contribution in [2.45, 2.75) is 18.6 Å². The number of carbonyl (C=O) groups excluding carboxylic acids is 1. The van der Waals surface area contributed by atoms with Gasteiger partial charge >= 0.3 is 0 Å². The fourth-order valence-corrected chi connectivity index (χ4v) is 3.18. The highest BCUT2D eigenvalue weighted by Crippen LogP contribution is 2.20. The Hall–Kier alpha value is -3.33. The number of β-amino-alcohol motifs (C(OH)–C–C–N with tert-alkyl or cyclic N) is 1. The molecule has 1 saturated heterocycles. The number of para-hydroxylation sites is 1. The summed E-state index contributed by atoms with van der Waals surface area (Å²) in [6, 6.07) is 8.76. The number of rotatable bonds is 4. The molecule has 0 saturated carbocycles. The van der Waals surface area contributed by atoms with Crippen LogP contribution in [0.25, 0.3) is 5.69 Å². The molecule has 1 aliphatic rings. The first-order valence-corrected chi connectivity index (χ1v) is 8.67. The number of amides is 1. The van der Waals surface area contributed by atoms with E-state index in [1.807, 2.05) is 18.2 Å². The Morgan fingerprint density at radius 1 is 1.19 bits per heavy atom. The normalized spacial score (nSPS) is 19.7. The Bertz CT molecular complexity index is 901. The van der Waals surface area contributed by atoms with E-state index in [0.29, 0.717) is 30.2 Å². The molecule has 3 aromatic rings. The van der Waals surface area contributed by atoms with Crippen molar-refractivity contribution in [3.63, 3.8) is 0 Å². The first kappa shape index (κ1) is 17.1. The van der Waals surface area contributed by atoms with Crippen LogP contribution in [0.2, 0.25) is 0 Å². The van der Waals surface area contributed by atoms with Gasteiger partial charge < -0.3 is 15.3 Å². The summed E-state index contributed by atoms with van der Waals surface area (Å²) in [6.45, 7) is 0.751. The molecule has 0 unspecified atom stereocenters. The Kier molecular flexibility index (Phi) is 4.75. The minimum Gasteiger partial charge on any atom is -0.389 e. The smallest absolute Gasteiger partial charge is 0.256 e. The SMILES string of the molecule is O=C(c1ccccc1-n1cncn1)N1CC[C@@H](Nc2ncccn2)[C@H](O)C1. The lowest BCUT2D eigenvalue weighted by Crippen LogP contribution is -2.51. The van der Waals surface area contributed by atoms with Crippen LogP contribution >= 0.6 is 0 Å². The second-order valence-corrected chi connectivity index (χ2v) is 6.29. The van der Waals surface area contributed by atoms with Gasteiger partial charge in [-0.2, -0.15) is 5.10 Å². The zero-order valence-electron chi connectivity index (χ0n) is 14.5. The summed E-state index contributed by atoms with van der Waals surface area (Å²) in [7, 11) is 0. The van der Waals surface area contributed by atoms with Crippen molar-refractivity contribution < 1.29 is 9.90 Å². The number of hydrogen-bond acceptors (Lipinski definition) is 7. The predicted octanol–water partition coefficient (Wildman–Crippen LogP) is 0.745. The van der Waals surface area contributed by atoms with Gasteiger partial charge in [-0.15, -0.1) is 0 Å². The van der Waals surface area contributed by atoms with Crippen LogP contribution in [0.4, 0.5) is 5.95 Å². The Morgan fingerprint density at radius 2 is 2.00 bits per heavy atom. The maximum absolute atomic E-state index is 13.0. The van der Waals surface area contributed by atoms with Crippen molar-refractivity contribution in [2.24, 2.45) is 0 Å². The van der Waals surface area contributed by atoms with Gasteiger partial charge in [0, 0.05) is 25.5 Å². The number of nitrogens with one attached hydrogen (secondary N) is 1. The predicted molar refractivity (Wildman–Crippen MR) is 97.3 cm³/mol. The van der Waals surface area contributed by atoms with Crippen molar-refractivity contribution in [3.8, 4) is 5.69 Å². The van der Waals surface area contributed by atoms with E-state index in [1.165, 1.54) is 6.33 Å². The van der Waals surface area contributed by atoms with Gasteiger partial charge in [-0.05, 0) is 24.6 Å². The third-order valence-corrected chi connectivity index (χ3v) is 4.55. The Balaban J connectivity index is 1.47. The van der Waals surface area contributed by atoms with Crippen molar-refractivity contribution >= 4 is 11.9 Å². The molecule has 27 heavy (non-hydrogen) atoms. The van der Waals surface area contributed by atoms with Crippen LogP contribution in [0.15, 0.2) is 55.4 Å². The fraction of sp³-hybridized carbons (Fsp3) is 0.278. The maximum atomic E-state index is 13.0. The molecule has 1 aliphatic heterocycles. The molecule has 1 amide bonds. The van der Waals surface area contributed by atoms with Crippen LogP contribution in [-0.2, 0) is 0 Å². The lowest BCUT2D eigenvalue weighted by atomic mass is 10.0. The van der Waals surface area contributed by atoms with E-state index in [1.54, 1.807) is 40.4 Å². The molecule has 9 heteroatoms. The number of nitrogens with zero attached hydrogens (tertiary/aromatic N) is 6. The van der Waals surface area contributed by atoms with Gasteiger partial charge in [0.25, 0.3) is 5.91 Å². The summed E-state index contributed by atoms with van der Waals surface area (Å²) in [5.41, 5.74) is 1.18. The van der Waals surface area contributed by atoms with E-state index in [0.717, 1.165) is 0 Å². The molecular formula is C18H19N7O2. The van der Waals surface area contributed by atoms with Crippen LogP contribution in [0.1, 0.15) is 16.8 Å². The molecule has 2 atom stereocenters. The highest BCUT2D eigenvalue weighted by Gasteiger charge is 2.31. The van der Waals surface area contributed by atoms with Gasteiger partial charge in [0.1, 0.15) is 12.7 Å². The second kappa shape index (κ2) is 7.50. The summed E-state index contributed by atoms with van der Waals surface area (Å²) in [5.74, 6) is 0.326. The summed E-state index contributed by atoms with van der Waals surface area (Å²) in [4.78, 5) is 26.9. The largest absolute Gasteiger partial charge is 0.389 e. The van der Waals surface area contributed by atoms with Crippen LogP contribution in [0.5, 0.6) is 0 Å². The molecule has 0 spiro atoms. The number of anilines is 1.